The normalized spacial score (nSPS) is 15.2. The monoisotopic (exact) mass is 284 g/mol. The molecule has 21 heavy (non-hydrogen) atoms. The second-order valence-electron chi connectivity index (χ2n) is 5.78. The standard InChI is InChI=1S/C19H24O2/c1-4-15(2)17-12-8-9-13-18(17)21-14-19(3,20)16-10-6-5-7-11-16/h5-13,15,20H,4,14H2,1-3H3. The van der Waals surface area contributed by atoms with E-state index in [4.69, 9.17) is 4.74 Å². The van der Waals surface area contributed by atoms with E-state index in [0.717, 1.165) is 17.7 Å². The van der Waals surface area contributed by atoms with Crippen molar-refractivity contribution in [2.24, 2.45) is 0 Å². The second kappa shape index (κ2) is 6.77. The van der Waals surface area contributed by atoms with Crippen LogP contribution < -0.4 is 4.74 Å². The first-order chi connectivity index (χ1) is 10.0. The minimum absolute atomic E-state index is 0.241. The predicted molar refractivity (Wildman–Crippen MR) is 86.7 cm³/mol. The lowest BCUT2D eigenvalue weighted by atomic mass is 9.96. The van der Waals surface area contributed by atoms with Gasteiger partial charge in [0.15, 0.2) is 0 Å². The number of hydrogen-bond acceptors (Lipinski definition) is 2. The van der Waals surface area contributed by atoms with Gasteiger partial charge < -0.3 is 9.84 Å². The zero-order valence-electron chi connectivity index (χ0n) is 13.0. The van der Waals surface area contributed by atoms with Crippen LogP contribution in [0.2, 0.25) is 0 Å². The first-order valence-electron chi connectivity index (χ1n) is 7.54. The third kappa shape index (κ3) is 3.85. The van der Waals surface area contributed by atoms with E-state index in [1.54, 1.807) is 6.92 Å². The Bertz CT molecular complexity index is 561. The van der Waals surface area contributed by atoms with Crippen molar-refractivity contribution in [1.82, 2.24) is 0 Å². The fourth-order valence-electron chi connectivity index (χ4n) is 2.34. The van der Waals surface area contributed by atoms with E-state index < -0.39 is 5.60 Å². The van der Waals surface area contributed by atoms with Crippen LogP contribution in [0.4, 0.5) is 0 Å². The molecule has 0 saturated heterocycles. The number of para-hydroxylation sites is 1. The summed E-state index contributed by atoms with van der Waals surface area (Å²) in [5.41, 5.74) is 1.07. The van der Waals surface area contributed by atoms with Crippen LogP contribution in [0, 0.1) is 0 Å². The summed E-state index contributed by atoms with van der Waals surface area (Å²) in [6.07, 6.45) is 1.06. The Kier molecular flexibility index (Phi) is 5.03. The quantitative estimate of drug-likeness (QED) is 0.847. The summed E-state index contributed by atoms with van der Waals surface area (Å²) in [5, 5.41) is 10.6. The maximum atomic E-state index is 10.6. The fourth-order valence-corrected chi connectivity index (χ4v) is 2.34. The van der Waals surface area contributed by atoms with Gasteiger partial charge in [-0.25, -0.2) is 0 Å². The van der Waals surface area contributed by atoms with Gasteiger partial charge in [0, 0.05) is 0 Å². The topological polar surface area (TPSA) is 29.5 Å². The lowest BCUT2D eigenvalue weighted by molar-refractivity contribution is 0.00721. The Labute approximate surface area is 127 Å². The molecule has 0 radical (unpaired) electrons. The highest BCUT2D eigenvalue weighted by Crippen LogP contribution is 2.30. The second-order valence-corrected chi connectivity index (χ2v) is 5.78. The molecule has 0 saturated carbocycles. The Morgan fingerprint density at radius 2 is 1.67 bits per heavy atom. The van der Waals surface area contributed by atoms with Crippen LogP contribution in [-0.2, 0) is 5.60 Å². The number of ether oxygens (including phenoxy) is 1. The highest BCUT2D eigenvalue weighted by atomic mass is 16.5. The molecular formula is C19H24O2. The molecule has 2 unspecified atom stereocenters. The molecule has 0 aromatic heterocycles. The Balaban J connectivity index is 2.13. The molecule has 0 spiro atoms. The lowest BCUT2D eigenvalue weighted by Gasteiger charge is -2.25. The van der Waals surface area contributed by atoms with E-state index in [1.807, 2.05) is 48.5 Å². The summed E-state index contributed by atoms with van der Waals surface area (Å²) in [6, 6.07) is 17.7. The maximum absolute atomic E-state index is 10.6. The molecule has 112 valence electrons. The van der Waals surface area contributed by atoms with Crippen LogP contribution >= 0.6 is 0 Å². The Morgan fingerprint density at radius 1 is 1.05 bits per heavy atom. The van der Waals surface area contributed by atoms with Gasteiger partial charge in [0.25, 0.3) is 0 Å². The first kappa shape index (κ1) is 15.6. The molecule has 0 fully saturated rings. The fraction of sp³-hybridized carbons (Fsp3) is 0.368. The van der Waals surface area contributed by atoms with E-state index in [0.29, 0.717) is 5.92 Å². The SMILES string of the molecule is CCC(C)c1ccccc1OCC(C)(O)c1ccccc1. The molecule has 2 rings (SSSR count). The molecule has 2 heteroatoms. The zero-order valence-corrected chi connectivity index (χ0v) is 13.0. The number of rotatable bonds is 6. The van der Waals surface area contributed by atoms with Gasteiger partial charge in [0.05, 0.1) is 0 Å². The van der Waals surface area contributed by atoms with E-state index in [9.17, 15) is 5.11 Å². The molecule has 0 aliphatic rings. The average Bonchev–Trinajstić information content (AvgIpc) is 2.53. The van der Waals surface area contributed by atoms with Crippen LogP contribution in [0.3, 0.4) is 0 Å². The highest BCUT2D eigenvalue weighted by molar-refractivity contribution is 5.36. The summed E-state index contributed by atoms with van der Waals surface area (Å²) >= 11 is 0. The Morgan fingerprint density at radius 3 is 2.33 bits per heavy atom. The third-order valence-electron chi connectivity index (χ3n) is 3.97. The molecule has 2 aromatic carbocycles. The third-order valence-corrected chi connectivity index (χ3v) is 3.97. The summed E-state index contributed by atoms with van der Waals surface area (Å²) in [4.78, 5) is 0. The predicted octanol–water partition coefficient (Wildman–Crippen LogP) is 4.49. The number of benzene rings is 2. The summed E-state index contributed by atoms with van der Waals surface area (Å²) in [5.74, 6) is 1.31. The first-order valence-corrected chi connectivity index (χ1v) is 7.54. The Hall–Kier alpha value is -1.80. The van der Waals surface area contributed by atoms with Gasteiger partial charge in [0.1, 0.15) is 18.0 Å². The average molecular weight is 284 g/mol. The van der Waals surface area contributed by atoms with Crippen LogP contribution in [0.1, 0.15) is 44.2 Å². The largest absolute Gasteiger partial charge is 0.490 e. The van der Waals surface area contributed by atoms with Gasteiger partial charge in [-0.3, -0.25) is 0 Å². The van der Waals surface area contributed by atoms with Crippen molar-refractivity contribution < 1.29 is 9.84 Å². The zero-order chi connectivity index (χ0) is 15.3. The molecular weight excluding hydrogens is 260 g/mol. The summed E-state index contributed by atoms with van der Waals surface area (Å²) < 4.78 is 5.93. The highest BCUT2D eigenvalue weighted by Gasteiger charge is 2.24. The van der Waals surface area contributed by atoms with Gasteiger partial charge in [-0.05, 0) is 36.5 Å². The molecule has 2 aromatic rings. The van der Waals surface area contributed by atoms with Crippen molar-refractivity contribution in [3.63, 3.8) is 0 Å². The molecule has 2 atom stereocenters. The maximum Gasteiger partial charge on any atom is 0.122 e. The van der Waals surface area contributed by atoms with E-state index in [1.165, 1.54) is 5.56 Å². The molecule has 0 aliphatic carbocycles. The molecule has 1 N–H and O–H groups in total. The van der Waals surface area contributed by atoms with E-state index in [2.05, 4.69) is 19.9 Å². The van der Waals surface area contributed by atoms with Crippen LogP contribution in [0.5, 0.6) is 5.75 Å². The van der Waals surface area contributed by atoms with Crippen LogP contribution in [0.25, 0.3) is 0 Å². The van der Waals surface area contributed by atoms with Gasteiger partial charge in [-0.15, -0.1) is 0 Å². The molecule has 0 bridgehead atoms. The minimum atomic E-state index is -0.996. The molecule has 0 heterocycles. The molecule has 0 aliphatic heterocycles. The van der Waals surface area contributed by atoms with Crippen molar-refractivity contribution in [2.45, 2.75) is 38.7 Å². The van der Waals surface area contributed by atoms with Gasteiger partial charge in [-0.1, -0.05) is 62.4 Å². The van der Waals surface area contributed by atoms with Crippen molar-refractivity contribution in [1.29, 1.82) is 0 Å². The number of aliphatic hydroxyl groups is 1. The van der Waals surface area contributed by atoms with Crippen molar-refractivity contribution in [3.8, 4) is 5.75 Å². The smallest absolute Gasteiger partial charge is 0.122 e. The van der Waals surface area contributed by atoms with Crippen LogP contribution in [-0.4, -0.2) is 11.7 Å². The van der Waals surface area contributed by atoms with Crippen molar-refractivity contribution in [3.05, 3.63) is 65.7 Å². The van der Waals surface area contributed by atoms with Crippen molar-refractivity contribution >= 4 is 0 Å². The van der Waals surface area contributed by atoms with Crippen LogP contribution in [0.15, 0.2) is 54.6 Å². The lowest BCUT2D eigenvalue weighted by Crippen LogP contribution is -2.29. The minimum Gasteiger partial charge on any atom is -0.490 e. The van der Waals surface area contributed by atoms with Crippen molar-refractivity contribution in [2.75, 3.05) is 6.61 Å². The molecule has 0 amide bonds. The van der Waals surface area contributed by atoms with E-state index >= 15 is 0 Å². The van der Waals surface area contributed by atoms with Gasteiger partial charge >= 0.3 is 0 Å². The molecule has 2 nitrogen and oxygen atoms in total. The summed E-state index contributed by atoms with van der Waals surface area (Å²) in [7, 11) is 0. The van der Waals surface area contributed by atoms with E-state index in [-0.39, 0.29) is 6.61 Å². The van der Waals surface area contributed by atoms with Gasteiger partial charge in [0.2, 0.25) is 0 Å². The number of hydrogen-bond donors (Lipinski definition) is 1. The summed E-state index contributed by atoms with van der Waals surface area (Å²) in [6.45, 7) is 6.39. The van der Waals surface area contributed by atoms with Gasteiger partial charge in [-0.2, -0.15) is 0 Å².